The summed E-state index contributed by atoms with van der Waals surface area (Å²) in [6, 6.07) is 11.9. The summed E-state index contributed by atoms with van der Waals surface area (Å²) < 4.78 is 21.0. The standard InChI is InChI=1S/C23H27NO6/c1-4-28-14-15-30-23(26)18-8-10-19(11-9-18)24-22(25)13-7-17-6-12-20(29-5-2)21(16-17)27-3/h6-13,16H,4-5,14-15H2,1-3H3,(H,24,25)/b13-7+. The summed E-state index contributed by atoms with van der Waals surface area (Å²) in [5, 5.41) is 2.74. The Morgan fingerprint density at radius 1 is 0.967 bits per heavy atom. The minimum atomic E-state index is -0.433. The van der Waals surface area contributed by atoms with Gasteiger partial charge in [0.2, 0.25) is 5.91 Å². The van der Waals surface area contributed by atoms with Gasteiger partial charge in [0.15, 0.2) is 11.5 Å². The second kappa shape index (κ2) is 12.3. The zero-order valence-electron chi connectivity index (χ0n) is 17.5. The molecule has 0 bridgehead atoms. The number of anilines is 1. The Balaban J connectivity index is 1.91. The van der Waals surface area contributed by atoms with Crippen LogP contribution in [0.5, 0.6) is 11.5 Å². The molecule has 7 heteroatoms. The lowest BCUT2D eigenvalue weighted by molar-refractivity contribution is -0.111. The van der Waals surface area contributed by atoms with E-state index in [2.05, 4.69) is 5.32 Å². The lowest BCUT2D eigenvalue weighted by Crippen LogP contribution is -2.11. The van der Waals surface area contributed by atoms with Crippen LogP contribution in [0.4, 0.5) is 5.69 Å². The first-order valence-corrected chi connectivity index (χ1v) is 9.72. The van der Waals surface area contributed by atoms with Gasteiger partial charge in [0.1, 0.15) is 6.61 Å². The van der Waals surface area contributed by atoms with E-state index in [4.69, 9.17) is 18.9 Å². The molecule has 160 valence electrons. The first-order valence-electron chi connectivity index (χ1n) is 9.72. The number of methoxy groups -OCH3 is 1. The molecule has 7 nitrogen and oxygen atoms in total. The van der Waals surface area contributed by atoms with Crippen molar-refractivity contribution >= 4 is 23.6 Å². The number of benzene rings is 2. The van der Waals surface area contributed by atoms with E-state index in [9.17, 15) is 9.59 Å². The maximum atomic E-state index is 12.2. The summed E-state index contributed by atoms with van der Waals surface area (Å²) >= 11 is 0. The molecule has 0 aliphatic rings. The van der Waals surface area contributed by atoms with E-state index in [0.29, 0.717) is 42.6 Å². The van der Waals surface area contributed by atoms with Crippen LogP contribution < -0.4 is 14.8 Å². The third-order valence-electron chi connectivity index (χ3n) is 3.97. The molecule has 0 heterocycles. The van der Waals surface area contributed by atoms with Crippen molar-refractivity contribution in [3.8, 4) is 11.5 Å². The maximum Gasteiger partial charge on any atom is 0.338 e. The molecule has 0 aliphatic heterocycles. The van der Waals surface area contributed by atoms with Crippen LogP contribution >= 0.6 is 0 Å². The first-order chi connectivity index (χ1) is 14.6. The van der Waals surface area contributed by atoms with E-state index in [0.717, 1.165) is 5.56 Å². The smallest absolute Gasteiger partial charge is 0.338 e. The van der Waals surface area contributed by atoms with Crippen molar-refractivity contribution in [1.82, 2.24) is 0 Å². The van der Waals surface area contributed by atoms with Crippen LogP contribution in [0, 0.1) is 0 Å². The number of carbonyl (C=O) groups is 2. The molecular formula is C23H27NO6. The summed E-state index contributed by atoms with van der Waals surface area (Å²) in [5.74, 6) is 0.521. The average molecular weight is 413 g/mol. The molecule has 0 saturated heterocycles. The molecule has 0 radical (unpaired) electrons. The Hall–Kier alpha value is -3.32. The second-order valence-electron chi connectivity index (χ2n) is 6.08. The average Bonchev–Trinajstić information content (AvgIpc) is 2.76. The summed E-state index contributed by atoms with van der Waals surface area (Å²) in [4.78, 5) is 24.1. The number of esters is 1. The minimum Gasteiger partial charge on any atom is -0.493 e. The SMILES string of the molecule is CCOCCOC(=O)c1ccc(NC(=O)/C=C/c2ccc(OCC)c(OC)c2)cc1. The fourth-order valence-corrected chi connectivity index (χ4v) is 2.53. The van der Waals surface area contributed by atoms with Gasteiger partial charge in [0.05, 0.1) is 25.9 Å². The Morgan fingerprint density at radius 2 is 1.73 bits per heavy atom. The van der Waals surface area contributed by atoms with Gasteiger partial charge in [0.25, 0.3) is 0 Å². The van der Waals surface area contributed by atoms with Crippen molar-refractivity contribution in [2.75, 3.05) is 38.9 Å². The molecule has 0 spiro atoms. The van der Waals surface area contributed by atoms with Crippen LogP contribution in [-0.2, 0) is 14.3 Å². The number of carbonyl (C=O) groups excluding carboxylic acids is 2. The van der Waals surface area contributed by atoms with Gasteiger partial charge >= 0.3 is 5.97 Å². The van der Waals surface area contributed by atoms with Crippen LogP contribution in [0.1, 0.15) is 29.8 Å². The minimum absolute atomic E-state index is 0.201. The van der Waals surface area contributed by atoms with E-state index in [1.54, 1.807) is 49.6 Å². The molecule has 0 aliphatic carbocycles. The highest BCUT2D eigenvalue weighted by Gasteiger charge is 2.08. The zero-order valence-corrected chi connectivity index (χ0v) is 17.5. The third kappa shape index (κ3) is 7.25. The van der Waals surface area contributed by atoms with Gasteiger partial charge in [0, 0.05) is 18.4 Å². The normalized spacial score (nSPS) is 10.6. The number of rotatable bonds is 11. The van der Waals surface area contributed by atoms with Gasteiger partial charge in [-0.3, -0.25) is 4.79 Å². The highest BCUT2D eigenvalue weighted by molar-refractivity contribution is 6.02. The second-order valence-corrected chi connectivity index (χ2v) is 6.08. The molecule has 0 fully saturated rings. The van der Waals surface area contributed by atoms with Crippen molar-refractivity contribution in [2.24, 2.45) is 0 Å². The molecule has 1 N–H and O–H groups in total. The van der Waals surface area contributed by atoms with Crippen molar-refractivity contribution in [1.29, 1.82) is 0 Å². The molecule has 2 aromatic rings. The van der Waals surface area contributed by atoms with E-state index in [-0.39, 0.29) is 12.5 Å². The molecule has 0 aromatic heterocycles. The predicted molar refractivity (Wildman–Crippen MR) is 115 cm³/mol. The van der Waals surface area contributed by atoms with E-state index < -0.39 is 5.97 Å². The zero-order chi connectivity index (χ0) is 21.8. The number of nitrogens with one attached hydrogen (secondary N) is 1. The third-order valence-corrected chi connectivity index (χ3v) is 3.97. The quantitative estimate of drug-likeness (QED) is 0.341. The summed E-state index contributed by atoms with van der Waals surface area (Å²) in [5.41, 5.74) is 1.77. The summed E-state index contributed by atoms with van der Waals surface area (Å²) in [6.45, 7) is 5.45. The topological polar surface area (TPSA) is 83.1 Å². The van der Waals surface area contributed by atoms with Gasteiger partial charge in [-0.15, -0.1) is 0 Å². The molecule has 0 saturated carbocycles. The van der Waals surface area contributed by atoms with Crippen molar-refractivity contribution in [2.45, 2.75) is 13.8 Å². The molecule has 30 heavy (non-hydrogen) atoms. The highest BCUT2D eigenvalue weighted by atomic mass is 16.6. The van der Waals surface area contributed by atoms with Crippen LogP contribution in [0.3, 0.4) is 0 Å². The molecule has 2 rings (SSSR count). The number of hydrogen-bond acceptors (Lipinski definition) is 6. The summed E-state index contributed by atoms with van der Waals surface area (Å²) in [6.07, 6.45) is 3.10. The fourth-order valence-electron chi connectivity index (χ4n) is 2.53. The van der Waals surface area contributed by atoms with Gasteiger partial charge in [-0.25, -0.2) is 4.79 Å². The fraction of sp³-hybridized carbons (Fsp3) is 0.304. The van der Waals surface area contributed by atoms with E-state index in [1.165, 1.54) is 6.08 Å². The van der Waals surface area contributed by atoms with Gasteiger partial charge in [-0.1, -0.05) is 6.07 Å². The Kier molecular flexibility index (Phi) is 9.40. The largest absolute Gasteiger partial charge is 0.493 e. The maximum absolute atomic E-state index is 12.2. The highest BCUT2D eigenvalue weighted by Crippen LogP contribution is 2.28. The first kappa shape index (κ1) is 23.0. The Labute approximate surface area is 176 Å². The van der Waals surface area contributed by atoms with Crippen LogP contribution in [0.2, 0.25) is 0 Å². The van der Waals surface area contributed by atoms with Gasteiger partial charge in [-0.05, 0) is 61.9 Å². The van der Waals surface area contributed by atoms with E-state index in [1.807, 2.05) is 19.9 Å². The number of amides is 1. The van der Waals surface area contributed by atoms with Crippen molar-refractivity contribution < 1.29 is 28.5 Å². The lowest BCUT2D eigenvalue weighted by Gasteiger charge is -2.09. The molecule has 1 amide bonds. The summed E-state index contributed by atoms with van der Waals surface area (Å²) in [7, 11) is 1.57. The number of ether oxygens (including phenoxy) is 4. The van der Waals surface area contributed by atoms with Crippen molar-refractivity contribution in [3.63, 3.8) is 0 Å². The lowest BCUT2D eigenvalue weighted by atomic mass is 10.2. The molecule has 2 aromatic carbocycles. The molecular weight excluding hydrogens is 386 g/mol. The Morgan fingerprint density at radius 3 is 2.40 bits per heavy atom. The van der Waals surface area contributed by atoms with Crippen molar-refractivity contribution in [3.05, 3.63) is 59.7 Å². The van der Waals surface area contributed by atoms with Gasteiger partial charge < -0.3 is 24.3 Å². The van der Waals surface area contributed by atoms with Gasteiger partial charge in [-0.2, -0.15) is 0 Å². The molecule has 0 unspecified atom stereocenters. The monoisotopic (exact) mass is 413 g/mol. The number of hydrogen-bond donors (Lipinski definition) is 1. The Bertz CT molecular complexity index is 860. The van der Waals surface area contributed by atoms with E-state index >= 15 is 0 Å². The van der Waals surface area contributed by atoms with Crippen LogP contribution in [0.15, 0.2) is 48.5 Å². The van der Waals surface area contributed by atoms with Crippen LogP contribution in [-0.4, -0.2) is 45.4 Å². The van der Waals surface area contributed by atoms with Crippen LogP contribution in [0.25, 0.3) is 6.08 Å². The predicted octanol–water partition coefficient (Wildman–Crippen LogP) is 3.94. The molecule has 0 atom stereocenters.